The van der Waals surface area contributed by atoms with Gasteiger partial charge in [0.05, 0.1) is 11.4 Å². The summed E-state index contributed by atoms with van der Waals surface area (Å²) < 4.78 is 2.02. The van der Waals surface area contributed by atoms with Crippen LogP contribution in [0.4, 0.5) is 0 Å². The van der Waals surface area contributed by atoms with Crippen LogP contribution in [0.5, 0.6) is 0 Å². The van der Waals surface area contributed by atoms with E-state index in [0.717, 1.165) is 17.0 Å². The summed E-state index contributed by atoms with van der Waals surface area (Å²) in [4.78, 5) is 16.8. The molecule has 0 aliphatic heterocycles. The topological polar surface area (TPSA) is 72.9 Å². The summed E-state index contributed by atoms with van der Waals surface area (Å²) in [6.07, 6.45) is 3.67. The highest BCUT2D eigenvalue weighted by Crippen LogP contribution is 2.22. The molecule has 0 radical (unpaired) electrons. The average Bonchev–Trinajstić information content (AvgIpc) is 3.17. The normalized spacial score (nSPS) is 10.5. The molecule has 5 nitrogen and oxygen atoms in total. The third-order valence-corrected chi connectivity index (χ3v) is 4.13. The molecule has 0 fully saturated rings. The van der Waals surface area contributed by atoms with Crippen molar-refractivity contribution in [2.45, 2.75) is 6.54 Å². The van der Waals surface area contributed by atoms with Crippen LogP contribution in [0.15, 0.2) is 54.2 Å². The molecule has 0 aliphatic rings. The van der Waals surface area contributed by atoms with Crippen LogP contribution in [0.25, 0.3) is 11.4 Å². The lowest BCUT2D eigenvalue weighted by molar-refractivity contribution is 0.0957. The molecule has 0 saturated carbocycles. The number of nitrogen functional groups attached to an aromatic ring is 1. The minimum Gasteiger partial charge on any atom is -0.327 e. The van der Waals surface area contributed by atoms with E-state index in [0.29, 0.717) is 11.4 Å². The van der Waals surface area contributed by atoms with Gasteiger partial charge in [0.1, 0.15) is 5.82 Å². The first kappa shape index (κ1) is 13.5. The van der Waals surface area contributed by atoms with Gasteiger partial charge in [-0.25, -0.2) is 10.8 Å². The van der Waals surface area contributed by atoms with Gasteiger partial charge in [-0.3, -0.25) is 10.2 Å². The standard InChI is InChI=1S/C15H14N4OS/c16-18-15(20)13-12(6-9-21-13)10-19-8-7-17-14(19)11-4-2-1-3-5-11/h1-9H,10,16H2,(H,18,20). The lowest BCUT2D eigenvalue weighted by atomic mass is 10.2. The fraction of sp³-hybridized carbons (Fsp3) is 0.0667. The Morgan fingerprint density at radius 2 is 2.10 bits per heavy atom. The SMILES string of the molecule is NNC(=O)c1sccc1Cn1ccnc1-c1ccccc1. The van der Waals surface area contributed by atoms with Gasteiger partial charge in [-0.15, -0.1) is 11.3 Å². The minimum absolute atomic E-state index is 0.263. The Labute approximate surface area is 126 Å². The van der Waals surface area contributed by atoms with Crippen LogP contribution in [-0.4, -0.2) is 15.5 Å². The van der Waals surface area contributed by atoms with Crippen LogP contribution in [0.3, 0.4) is 0 Å². The molecular weight excluding hydrogens is 284 g/mol. The number of hydrogen-bond donors (Lipinski definition) is 2. The summed E-state index contributed by atoms with van der Waals surface area (Å²) in [6, 6.07) is 11.9. The molecule has 0 bridgehead atoms. The van der Waals surface area contributed by atoms with E-state index in [9.17, 15) is 4.79 Å². The molecule has 0 unspecified atom stereocenters. The molecule has 0 aliphatic carbocycles. The largest absolute Gasteiger partial charge is 0.327 e. The number of nitrogens with two attached hydrogens (primary N) is 1. The lowest BCUT2D eigenvalue weighted by Crippen LogP contribution is -2.30. The van der Waals surface area contributed by atoms with E-state index in [1.165, 1.54) is 11.3 Å². The predicted octanol–water partition coefficient (Wildman–Crippen LogP) is 2.26. The Kier molecular flexibility index (Phi) is 3.81. The van der Waals surface area contributed by atoms with Gasteiger partial charge >= 0.3 is 0 Å². The highest BCUT2D eigenvalue weighted by Gasteiger charge is 2.14. The first-order valence-corrected chi connectivity index (χ1v) is 7.31. The Balaban J connectivity index is 1.92. The highest BCUT2D eigenvalue weighted by molar-refractivity contribution is 7.12. The van der Waals surface area contributed by atoms with Gasteiger partial charge in [-0.05, 0) is 17.0 Å². The molecular formula is C15H14N4OS. The zero-order valence-corrected chi connectivity index (χ0v) is 12.0. The second-order valence-corrected chi connectivity index (χ2v) is 5.41. The van der Waals surface area contributed by atoms with Gasteiger partial charge in [0.25, 0.3) is 5.91 Å². The smallest absolute Gasteiger partial charge is 0.275 e. The average molecular weight is 298 g/mol. The molecule has 1 amide bonds. The van der Waals surface area contributed by atoms with E-state index in [4.69, 9.17) is 5.84 Å². The van der Waals surface area contributed by atoms with Crippen molar-refractivity contribution in [3.05, 3.63) is 64.6 Å². The second kappa shape index (κ2) is 5.90. The summed E-state index contributed by atoms with van der Waals surface area (Å²) in [5.74, 6) is 5.83. The summed E-state index contributed by atoms with van der Waals surface area (Å²) in [7, 11) is 0. The monoisotopic (exact) mass is 298 g/mol. The molecule has 0 spiro atoms. The fourth-order valence-electron chi connectivity index (χ4n) is 2.19. The third-order valence-electron chi connectivity index (χ3n) is 3.17. The summed E-state index contributed by atoms with van der Waals surface area (Å²) in [6.45, 7) is 0.580. The van der Waals surface area contributed by atoms with Crippen molar-refractivity contribution in [3.8, 4) is 11.4 Å². The molecule has 6 heteroatoms. The van der Waals surface area contributed by atoms with Crippen LogP contribution in [0, 0.1) is 0 Å². The van der Waals surface area contributed by atoms with Gasteiger partial charge in [0.15, 0.2) is 0 Å². The van der Waals surface area contributed by atoms with Crippen LogP contribution in [0.1, 0.15) is 15.2 Å². The van der Waals surface area contributed by atoms with E-state index in [-0.39, 0.29) is 5.91 Å². The van der Waals surface area contributed by atoms with E-state index in [2.05, 4.69) is 10.4 Å². The molecule has 0 saturated heterocycles. The van der Waals surface area contributed by atoms with Gasteiger partial charge in [0, 0.05) is 18.0 Å². The molecule has 3 aromatic rings. The zero-order valence-electron chi connectivity index (χ0n) is 11.2. The number of carbonyl (C=O) groups excluding carboxylic acids is 1. The van der Waals surface area contributed by atoms with Crippen LogP contribution < -0.4 is 11.3 Å². The van der Waals surface area contributed by atoms with E-state index >= 15 is 0 Å². The molecule has 2 aromatic heterocycles. The van der Waals surface area contributed by atoms with E-state index in [1.807, 2.05) is 52.5 Å². The van der Waals surface area contributed by atoms with Crippen molar-refractivity contribution in [2.75, 3.05) is 0 Å². The number of imidazole rings is 1. The predicted molar refractivity (Wildman–Crippen MR) is 82.7 cm³/mol. The first-order chi connectivity index (χ1) is 10.3. The number of carbonyl (C=O) groups is 1. The fourth-order valence-corrected chi connectivity index (χ4v) is 3.01. The van der Waals surface area contributed by atoms with E-state index < -0.39 is 0 Å². The number of benzene rings is 1. The Morgan fingerprint density at radius 1 is 1.29 bits per heavy atom. The van der Waals surface area contributed by atoms with Gasteiger partial charge in [-0.2, -0.15) is 0 Å². The first-order valence-electron chi connectivity index (χ1n) is 6.43. The minimum atomic E-state index is -0.263. The van der Waals surface area contributed by atoms with Crippen molar-refractivity contribution in [1.82, 2.24) is 15.0 Å². The zero-order chi connectivity index (χ0) is 14.7. The number of nitrogens with one attached hydrogen (secondary N) is 1. The molecule has 0 atom stereocenters. The molecule has 21 heavy (non-hydrogen) atoms. The maximum Gasteiger partial charge on any atom is 0.275 e. The summed E-state index contributed by atoms with van der Waals surface area (Å²) in [5, 5.41) is 1.89. The van der Waals surface area contributed by atoms with E-state index in [1.54, 1.807) is 6.20 Å². The molecule has 106 valence electrons. The maximum atomic E-state index is 11.7. The molecule has 3 rings (SSSR count). The van der Waals surface area contributed by atoms with Crippen molar-refractivity contribution >= 4 is 17.2 Å². The molecule has 2 heterocycles. The summed E-state index contributed by atoms with van der Waals surface area (Å²) >= 11 is 1.38. The second-order valence-electron chi connectivity index (χ2n) is 4.49. The molecule has 3 N–H and O–H groups in total. The number of aromatic nitrogens is 2. The van der Waals surface area contributed by atoms with Crippen LogP contribution in [-0.2, 0) is 6.54 Å². The van der Waals surface area contributed by atoms with Gasteiger partial charge in [0.2, 0.25) is 0 Å². The number of amides is 1. The van der Waals surface area contributed by atoms with Crippen molar-refractivity contribution < 1.29 is 4.79 Å². The quantitative estimate of drug-likeness (QED) is 0.441. The van der Waals surface area contributed by atoms with Crippen molar-refractivity contribution in [2.24, 2.45) is 5.84 Å². The Morgan fingerprint density at radius 3 is 2.86 bits per heavy atom. The van der Waals surface area contributed by atoms with Gasteiger partial charge in [-0.1, -0.05) is 30.3 Å². The highest BCUT2D eigenvalue weighted by atomic mass is 32.1. The Hall–Kier alpha value is -2.44. The van der Waals surface area contributed by atoms with Crippen LogP contribution in [0.2, 0.25) is 0 Å². The van der Waals surface area contributed by atoms with Crippen molar-refractivity contribution in [3.63, 3.8) is 0 Å². The lowest BCUT2D eigenvalue weighted by Gasteiger charge is -2.08. The van der Waals surface area contributed by atoms with Crippen LogP contribution >= 0.6 is 11.3 Å². The van der Waals surface area contributed by atoms with Gasteiger partial charge < -0.3 is 4.57 Å². The summed E-state index contributed by atoms with van der Waals surface area (Å²) in [5.41, 5.74) is 4.15. The maximum absolute atomic E-state index is 11.7. The number of hydrazine groups is 1. The molecule has 1 aromatic carbocycles. The number of nitrogens with zero attached hydrogens (tertiary/aromatic N) is 2. The number of thiophene rings is 1. The van der Waals surface area contributed by atoms with Crippen molar-refractivity contribution in [1.29, 1.82) is 0 Å². The third kappa shape index (κ3) is 2.72. The number of rotatable bonds is 4. The Bertz CT molecular complexity index is 748. The number of hydrogen-bond acceptors (Lipinski definition) is 4.